The van der Waals surface area contributed by atoms with Crippen LogP contribution in [0.2, 0.25) is 0 Å². The Morgan fingerprint density at radius 3 is 2.42 bits per heavy atom. The molecule has 2 aromatic carbocycles. The summed E-state index contributed by atoms with van der Waals surface area (Å²) in [4.78, 5) is 12.5. The second-order valence-corrected chi connectivity index (χ2v) is 8.29. The van der Waals surface area contributed by atoms with E-state index < -0.39 is 15.4 Å². The molecule has 0 radical (unpaired) electrons. The standard InChI is InChI=1S/C18H22N2O4S.ClH/c1-18(19,14-7-4-3-5-8-14)17(21)20-15-9-6-10-16(13-15)24-11-12-25(2,22)23;/h3-10,13H,11-12,19H2,1-2H3,(H,20,21);1H. The minimum atomic E-state index is -3.08. The fraction of sp³-hybridized carbons (Fsp3) is 0.278. The molecule has 26 heavy (non-hydrogen) atoms. The van der Waals surface area contributed by atoms with Gasteiger partial charge in [-0.15, -0.1) is 12.4 Å². The van der Waals surface area contributed by atoms with Crippen LogP contribution in [0.25, 0.3) is 0 Å². The lowest BCUT2D eigenvalue weighted by molar-refractivity contribution is -0.120. The maximum atomic E-state index is 12.5. The summed E-state index contributed by atoms with van der Waals surface area (Å²) in [6, 6.07) is 15.8. The van der Waals surface area contributed by atoms with E-state index in [0.29, 0.717) is 17.0 Å². The van der Waals surface area contributed by atoms with Crippen molar-refractivity contribution in [3.63, 3.8) is 0 Å². The Morgan fingerprint density at radius 2 is 1.81 bits per heavy atom. The Morgan fingerprint density at radius 1 is 1.15 bits per heavy atom. The summed E-state index contributed by atoms with van der Waals surface area (Å²) >= 11 is 0. The van der Waals surface area contributed by atoms with Crippen molar-refractivity contribution in [2.24, 2.45) is 5.73 Å². The molecule has 8 heteroatoms. The summed E-state index contributed by atoms with van der Waals surface area (Å²) in [5, 5.41) is 2.77. The zero-order valence-corrected chi connectivity index (χ0v) is 16.3. The third kappa shape index (κ3) is 6.33. The minimum absolute atomic E-state index is 0. The molecule has 0 saturated carbocycles. The first-order chi connectivity index (χ1) is 11.7. The number of halogens is 1. The van der Waals surface area contributed by atoms with E-state index in [1.165, 1.54) is 0 Å². The first kappa shape index (κ1) is 22.0. The molecule has 6 nitrogen and oxygen atoms in total. The van der Waals surface area contributed by atoms with Crippen molar-refractivity contribution in [2.75, 3.05) is 23.9 Å². The smallest absolute Gasteiger partial charge is 0.248 e. The van der Waals surface area contributed by atoms with Crippen LogP contribution in [0.15, 0.2) is 54.6 Å². The highest BCUT2D eigenvalue weighted by molar-refractivity contribution is 7.90. The molecule has 1 unspecified atom stereocenters. The van der Waals surface area contributed by atoms with Crippen LogP contribution in [0.5, 0.6) is 5.75 Å². The number of carbonyl (C=O) groups is 1. The van der Waals surface area contributed by atoms with Crippen molar-refractivity contribution in [1.29, 1.82) is 0 Å². The minimum Gasteiger partial charge on any atom is -0.492 e. The van der Waals surface area contributed by atoms with Gasteiger partial charge in [-0.3, -0.25) is 4.79 Å². The Kier molecular flexibility index (Phi) is 7.62. The first-order valence-corrected chi connectivity index (χ1v) is 9.81. The lowest BCUT2D eigenvalue weighted by atomic mass is 9.92. The number of nitrogens with one attached hydrogen (secondary N) is 1. The zero-order valence-electron chi connectivity index (χ0n) is 14.6. The van der Waals surface area contributed by atoms with E-state index in [1.807, 2.05) is 18.2 Å². The van der Waals surface area contributed by atoms with Crippen LogP contribution in [-0.2, 0) is 20.2 Å². The normalized spacial score (nSPS) is 13.2. The average Bonchev–Trinajstić information content (AvgIpc) is 2.55. The van der Waals surface area contributed by atoms with Gasteiger partial charge in [0.2, 0.25) is 5.91 Å². The number of ether oxygens (including phenoxy) is 1. The summed E-state index contributed by atoms with van der Waals surface area (Å²) < 4.78 is 27.7. The van der Waals surface area contributed by atoms with Crippen LogP contribution in [0.1, 0.15) is 12.5 Å². The van der Waals surface area contributed by atoms with Crippen LogP contribution in [0.3, 0.4) is 0 Å². The van der Waals surface area contributed by atoms with E-state index >= 15 is 0 Å². The van der Waals surface area contributed by atoms with Crippen LogP contribution >= 0.6 is 12.4 Å². The Balaban J connectivity index is 0.00000338. The second-order valence-electron chi connectivity index (χ2n) is 6.03. The lowest BCUT2D eigenvalue weighted by Gasteiger charge is -2.24. The van der Waals surface area contributed by atoms with Crippen molar-refractivity contribution in [3.8, 4) is 5.75 Å². The zero-order chi connectivity index (χ0) is 18.5. The van der Waals surface area contributed by atoms with Gasteiger partial charge >= 0.3 is 0 Å². The molecular weight excluding hydrogens is 376 g/mol. The molecule has 0 fully saturated rings. The molecule has 0 bridgehead atoms. The molecule has 0 aliphatic heterocycles. The number of sulfone groups is 1. The van der Waals surface area contributed by atoms with E-state index in [9.17, 15) is 13.2 Å². The fourth-order valence-electron chi connectivity index (χ4n) is 2.15. The van der Waals surface area contributed by atoms with Gasteiger partial charge in [-0.05, 0) is 24.6 Å². The Labute approximate surface area is 160 Å². The predicted octanol–water partition coefficient (Wildman–Crippen LogP) is 2.34. The summed E-state index contributed by atoms with van der Waals surface area (Å²) in [7, 11) is -3.08. The average molecular weight is 399 g/mol. The van der Waals surface area contributed by atoms with Crippen molar-refractivity contribution in [2.45, 2.75) is 12.5 Å². The lowest BCUT2D eigenvalue weighted by Crippen LogP contribution is -2.45. The van der Waals surface area contributed by atoms with Gasteiger partial charge in [0.05, 0.1) is 5.75 Å². The van der Waals surface area contributed by atoms with Crippen LogP contribution in [0.4, 0.5) is 5.69 Å². The molecule has 0 aromatic heterocycles. The molecule has 0 aliphatic rings. The quantitative estimate of drug-likeness (QED) is 0.745. The molecule has 0 spiro atoms. The maximum absolute atomic E-state index is 12.5. The Hall–Kier alpha value is -2.09. The fourth-order valence-corrected chi connectivity index (χ4v) is 2.54. The van der Waals surface area contributed by atoms with Gasteiger partial charge in [-0.2, -0.15) is 0 Å². The summed E-state index contributed by atoms with van der Waals surface area (Å²) in [5.41, 5.74) is 6.22. The monoisotopic (exact) mass is 398 g/mol. The van der Waals surface area contributed by atoms with Gasteiger partial charge in [0, 0.05) is 18.0 Å². The van der Waals surface area contributed by atoms with Gasteiger partial charge in [0.15, 0.2) is 9.84 Å². The molecule has 1 atom stereocenters. The molecular formula is C18H23ClN2O4S. The number of carbonyl (C=O) groups excluding carboxylic acids is 1. The summed E-state index contributed by atoms with van der Waals surface area (Å²) in [5.74, 6) is 0.0465. The molecule has 0 aliphatic carbocycles. The molecule has 0 heterocycles. The highest BCUT2D eigenvalue weighted by atomic mass is 35.5. The highest BCUT2D eigenvalue weighted by Crippen LogP contribution is 2.22. The SMILES string of the molecule is CC(N)(C(=O)Nc1cccc(OCCS(C)(=O)=O)c1)c1ccccc1.Cl. The maximum Gasteiger partial charge on any atom is 0.248 e. The van der Waals surface area contributed by atoms with Crippen LogP contribution < -0.4 is 15.8 Å². The molecule has 1 amide bonds. The van der Waals surface area contributed by atoms with Gasteiger partial charge in [0.25, 0.3) is 0 Å². The Bertz CT molecular complexity index is 839. The summed E-state index contributed by atoms with van der Waals surface area (Å²) in [6.45, 7) is 1.69. The van der Waals surface area contributed by atoms with Crippen LogP contribution in [0, 0.1) is 0 Å². The van der Waals surface area contributed by atoms with Crippen LogP contribution in [-0.4, -0.2) is 32.9 Å². The van der Waals surface area contributed by atoms with E-state index in [4.69, 9.17) is 10.5 Å². The van der Waals surface area contributed by atoms with E-state index in [0.717, 1.165) is 6.26 Å². The van der Waals surface area contributed by atoms with E-state index in [-0.39, 0.29) is 30.7 Å². The molecule has 3 N–H and O–H groups in total. The second kappa shape index (κ2) is 9.02. The topological polar surface area (TPSA) is 98.5 Å². The largest absolute Gasteiger partial charge is 0.492 e. The van der Waals surface area contributed by atoms with Gasteiger partial charge in [0.1, 0.15) is 17.9 Å². The number of anilines is 1. The van der Waals surface area contributed by atoms with Gasteiger partial charge in [-0.25, -0.2) is 8.42 Å². The van der Waals surface area contributed by atoms with Gasteiger partial charge < -0.3 is 15.8 Å². The number of hydrogen-bond acceptors (Lipinski definition) is 5. The number of hydrogen-bond donors (Lipinski definition) is 2. The van der Waals surface area contributed by atoms with E-state index in [1.54, 1.807) is 43.3 Å². The number of benzene rings is 2. The highest BCUT2D eigenvalue weighted by Gasteiger charge is 2.30. The van der Waals surface area contributed by atoms with Crippen molar-refractivity contribution in [3.05, 3.63) is 60.2 Å². The molecule has 2 rings (SSSR count). The van der Waals surface area contributed by atoms with Gasteiger partial charge in [-0.1, -0.05) is 36.4 Å². The summed E-state index contributed by atoms with van der Waals surface area (Å²) in [6.07, 6.45) is 1.15. The molecule has 2 aromatic rings. The predicted molar refractivity (Wildman–Crippen MR) is 106 cm³/mol. The van der Waals surface area contributed by atoms with Crippen molar-refractivity contribution < 1.29 is 17.9 Å². The first-order valence-electron chi connectivity index (χ1n) is 7.75. The van der Waals surface area contributed by atoms with Crippen molar-refractivity contribution >= 4 is 33.8 Å². The number of rotatable bonds is 7. The number of amides is 1. The van der Waals surface area contributed by atoms with E-state index in [2.05, 4.69) is 5.32 Å². The third-order valence-corrected chi connectivity index (χ3v) is 4.57. The third-order valence-electron chi connectivity index (χ3n) is 3.66. The molecule has 142 valence electrons. The van der Waals surface area contributed by atoms with Crippen molar-refractivity contribution in [1.82, 2.24) is 0 Å². The molecule has 0 saturated heterocycles. The number of nitrogens with two attached hydrogens (primary N) is 1.